The molecule has 0 amide bonds. The maximum absolute atomic E-state index is 11.1. The number of carboxylic acids is 1. The van der Waals surface area contributed by atoms with Crippen molar-refractivity contribution in [3.63, 3.8) is 0 Å². The molecule has 1 saturated heterocycles. The Morgan fingerprint density at radius 3 is 3.19 bits per heavy atom. The molecule has 0 bridgehead atoms. The number of aromatic nitrogens is 2. The van der Waals surface area contributed by atoms with Crippen molar-refractivity contribution < 1.29 is 14.6 Å². The highest BCUT2D eigenvalue weighted by molar-refractivity contribution is 8.00. The molecule has 0 radical (unpaired) electrons. The van der Waals surface area contributed by atoms with Crippen LogP contribution in [0.2, 0.25) is 0 Å². The van der Waals surface area contributed by atoms with E-state index in [-0.39, 0.29) is 5.69 Å². The number of rotatable bonds is 4. The summed E-state index contributed by atoms with van der Waals surface area (Å²) in [5, 5.41) is 13.6. The van der Waals surface area contributed by atoms with E-state index < -0.39 is 5.97 Å². The summed E-state index contributed by atoms with van der Waals surface area (Å²) in [4.78, 5) is 11.1. The van der Waals surface area contributed by atoms with Crippen molar-refractivity contribution in [2.24, 2.45) is 0 Å². The Bertz CT molecular complexity index is 385. The van der Waals surface area contributed by atoms with Crippen LogP contribution in [0.4, 0.5) is 0 Å². The summed E-state index contributed by atoms with van der Waals surface area (Å²) in [6, 6.07) is 0. The van der Waals surface area contributed by atoms with Crippen LogP contribution in [-0.2, 0) is 6.54 Å². The Balaban J connectivity index is 2.19. The van der Waals surface area contributed by atoms with E-state index in [0.717, 1.165) is 12.2 Å². The van der Waals surface area contributed by atoms with E-state index in [1.807, 2.05) is 11.8 Å². The molecular weight excluding hydrogens is 228 g/mol. The van der Waals surface area contributed by atoms with Crippen molar-refractivity contribution >= 4 is 17.7 Å². The molecule has 1 unspecified atom stereocenters. The molecule has 88 valence electrons. The zero-order chi connectivity index (χ0) is 11.5. The van der Waals surface area contributed by atoms with E-state index in [2.05, 4.69) is 5.10 Å². The summed E-state index contributed by atoms with van der Waals surface area (Å²) in [6.07, 6.45) is 3.80. The summed E-state index contributed by atoms with van der Waals surface area (Å²) >= 11 is 1.88. The second-order valence-corrected chi connectivity index (χ2v) is 5.09. The fourth-order valence-corrected chi connectivity index (χ4v) is 3.10. The SMILES string of the molecule is COc1cnn(CC2CCCS2)c1C(=O)O. The Labute approximate surface area is 97.8 Å². The van der Waals surface area contributed by atoms with Crippen molar-refractivity contribution in [1.29, 1.82) is 0 Å². The number of methoxy groups -OCH3 is 1. The van der Waals surface area contributed by atoms with Crippen molar-refractivity contribution in [2.45, 2.75) is 24.6 Å². The molecule has 0 aliphatic carbocycles. The Hall–Kier alpha value is -1.17. The van der Waals surface area contributed by atoms with Crippen molar-refractivity contribution in [3.8, 4) is 5.75 Å². The van der Waals surface area contributed by atoms with Gasteiger partial charge >= 0.3 is 5.97 Å². The minimum atomic E-state index is -0.989. The predicted molar refractivity (Wildman–Crippen MR) is 61.2 cm³/mol. The van der Waals surface area contributed by atoms with Crippen LogP contribution < -0.4 is 4.74 Å². The van der Waals surface area contributed by atoms with E-state index in [9.17, 15) is 4.79 Å². The molecule has 1 aliphatic rings. The lowest BCUT2D eigenvalue weighted by atomic mass is 10.2. The second kappa shape index (κ2) is 4.78. The first-order valence-electron chi connectivity index (χ1n) is 5.17. The molecule has 0 aromatic carbocycles. The van der Waals surface area contributed by atoms with Crippen LogP contribution in [0.5, 0.6) is 5.75 Å². The van der Waals surface area contributed by atoms with Crippen LogP contribution in [0.15, 0.2) is 6.20 Å². The van der Waals surface area contributed by atoms with E-state index >= 15 is 0 Å². The third-order valence-corrected chi connectivity index (χ3v) is 4.01. The smallest absolute Gasteiger partial charge is 0.358 e. The summed E-state index contributed by atoms with van der Waals surface area (Å²) in [5.41, 5.74) is 0.148. The molecule has 6 heteroatoms. The average Bonchev–Trinajstić information content (AvgIpc) is 2.87. The van der Waals surface area contributed by atoms with Gasteiger partial charge in [-0.3, -0.25) is 4.68 Å². The molecule has 1 atom stereocenters. The van der Waals surface area contributed by atoms with Gasteiger partial charge in [0.15, 0.2) is 11.4 Å². The standard InChI is InChI=1S/C10H14N2O3S/c1-15-8-5-11-12(9(8)10(13)14)6-7-3-2-4-16-7/h5,7H,2-4,6H2,1H3,(H,13,14). The van der Waals surface area contributed by atoms with Crippen LogP contribution in [0.3, 0.4) is 0 Å². The van der Waals surface area contributed by atoms with Crippen molar-refractivity contribution in [3.05, 3.63) is 11.9 Å². The molecule has 1 aliphatic heterocycles. The Morgan fingerprint density at radius 2 is 2.62 bits per heavy atom. The summed E-state index contributed by atoms with van der Waals surface area (Å²) in [7, 11) is 1.46. The van der Waals surface area contributed by atoms with Gasteiger partial charge in [0.25, 0.3) is 0 Å². The maximum atomic E-state index is 11.1. The lowest BCUT2D eigenvalue weighted by Gasteiger charge is -2.10. The molecule has 16 heavy (non-hydrogen) atoms. The normalized spacial score (nSPS) is 19.9. The number of carbonyl (C=O) groups is 1. The number of hydrogen-bond acceptors (Lipinski definition) is 4. The van der Waals surface area contributed by atoms with E-state index in [1.165, 1.54) is 24.4 Å². The van der Waals surface area contributed by atoms with Crippen LogP contribution in [0, 0.1) is 0 Å². The van der Waals surface area contributed by atoms with Gasteiger partial charge in [-0.05, 0) is 18.6 Å². The first-order chi connectivity index (χ1) is 7.72. The second-order valence-electron chi connectivity index (χ2n) is 3.68. The number of thioether (sulfide) groups is 1. The molecule has 1 aromatic rings. The highest BCUT2D eigenvalue weighted by Gasteiger charge is 2.23. The number of carboxylic acid groups (broad SMARTS) is 1. The topological polar surface area (TPSA) is 64.4 Å². The largest absolute Gasteiger partial charge is 0.493 e. The van der Waals surface area contributed by atoms with Crippen LogP contribution in [0.1, 0.15) is 23.3 Å². The first-order valence-corrected chi connectivity index (χ1v) is 6.22. The van der Waals surface area contributed by atoms with E-state index in [4.69, 9.17) is 9.84 Å². The minimum Gasteiger partial charge on any atom is -0.493 e. The molecule has 0 spiro atoms. The van der Waals surface area contributed by atoms with Gasteiger partial charge in [0, 0.05) is 5.25 Å². The van der Waals surface area contributed by atoms with Crippen LogP contribution in [0.25, 0.3) is 0 Å². The van der Waals surface area contributed by atoms with Gasteiger partial charge in [-0.15, -0.1) is 0 Å². The van der Waals surface area contributed by atoms with Gasteiger partial charge in [0.1, 0.15) is 0 Å². The van der Waals surface area contributed by atoms with Crippen LogP contribution >= 0.6 is 11.8 Å². The van der Waals surface area contributed by atoms with E-state index in [0.29, 0.717) is 17.5 Å². The molecule has 2 heterocycles. The number of nitrogens with zero attached hydrogens (tertiary/aromatic N) is 2. The first kappa shape index (κ1) is 11.3. The zero-order valence-corrected chi connectivity index (χ0v) is 9.87. The van der Waals surface area contributed by atoms with Gasteiger partial charge in [0.2, 0.25) is 0 Å². The van der Waals surface area contributed by atoms with Gasteiger partial charge in [-0.2, -0.15) is 16.9 Å². The molecule has 1 N–H and O–H groups in total. The quantitative estimate of drug-likeness (QED) is 0.866. The van der Waals surface area contributed by atoms with Gasteiger partial charge in [0.05, 0.1) is 19.9 Å². The van der Waals surface area contributed by atoms with Crippen molar-refractivity contribution in [1.82, 2.24) is 9.78 Å². The summed E-state index contributed by atoms with van der Waals surface area (Å²) in [5.74, 6) is 0.499. The fraction of sp³-hybridized carbons (Fsp3) is 0.600. The van der Waals surface area contributed by atoms with Gasteiger partial charge < -0.3 is 9.84 Å². The number of aromatic carboxylic acids is 1. The lowest BCUT2D eigenvalue weighted by molar-refractivity contribution is 0.0679. The third kappa shape index (κ3) is 2.16. The lowest BCUT2D eigenvalue weighted by Crippen LogP contribution is -2.17. The zero-order valence-electron chi connectivity index (χ0n) is 9.05. The minimum absolute atomic E-state index is 0.148. The number of hydrogen-bond donors (Lipinski definition) is 1. The monoisotopic (exact) mass is 242 g/mol. The van der Waals surface area contributed by atoms with Gasteiger partial charge in [-0.1, -0.05) is 0 Å². The summed E-state index contributed by atoms with van der Waals surface area (Å²) in [6.45, 7) is 0.648. The molecule has 5 nitrogen and oxygen atoms in total. The highest BCUT2D eigenvalue weighted by Crippen LogP contribution is 2.28. The third-order valence-electron chi connectivity index (χ3n) is 2.63. The van der Waals surface area contributed by atoms with Gasteiger partial charge in [-0.25, -0.2) is 4.79 Å². The predicted octanol–water partition coefficient (Wildman–Crippen LogP) is 1.49. The molecule has 0 saturated carbocycles. The molecule has 2 rings (SSSR count). The Morgan fingerprint density at radius 1 is 1.81 bits per heavy atom. The Kier molecular flexibility index (Phi) is 3.38. The molecule has 1 fully saturated rings. The van der Waals surface area contributed by atoms with E-state index in [1.54, 1.807) is 0 Å². The molecular formula is C10H14N2O3S. The molecule has 1 aromatic heterocycles. The number of ether oxygens (including phenoxy) is 1. The van der Waals surface area contributed by atoms with Crippen LogP contribution in [-0.4, -0.2) is 39.0 Å². The fourth-order valence-electron chi connectivity index (χ4n) is 1.85. The maximum Gasteiger partial charge on any atom is 0.358 e. The summed E-state index contributed by atoms with van der Waals surface area (Å²) < 4.78 is 6.51. The highest BCUT2D eigenvalue weighted by atomic mass is 32.2. The van der Waals surface area contributed by atoms with Crippen molar-refractivity contribution in [2.75, 3.05) is 12.9 Å². The average molecular weight is 242 g/mol.